The maximum Gasteiger partial charge on any atom is 0.251 e. The van der Waals surface area contributed by atoms with Crippen LogP contribution in [0.2, 0.25) is 5.02 Å². The highest BCUT2D eigenvalue weighted by molar-refractivity contribution is 6.30. The summed E-state index contributed by atoms with van der Waals surface area (Å²) >= 11 is 5.75. The lowest BCUT2D eigenvalue weighted by Crippen LogP contribution is -2.25. The first-order valence-electron chi connectivity index (χ1n) is 5.61. The van der Waals surface area contributed by atoms with Crippen LogP contribution in [0.25, 0.3) is 0 Å². The first-order chi connectivity index (χ1) is 8.65. The second-order valence-corrected chi connectivity index (χ2v) is 4.38. The first kappa shape index (κ1) is 12.6. The molecule has 0 aliphatic carbocycles. The Morgan fingerprint density at radius 2 is 2.11 bits per heavy atom. The van der Waals surface area contributed by atoms with E-state index < -0.39 is 0 Å². The minimum absolute atomic E-state index is 0.122. The number of carbonyl (C=O) groups excluding carboxylic acids is 1. The summed E-state index contributed by atoms with van der Waals surface area (Å²) in [5.74, 6) is 0.645. The van der Waals surface area contributed by atoms with Crippen molar-refractivity contribution in [1.29, 1.82) is 0 Å². The van der Waals surface area contributed by atoms with E-state index in [0.717, 1.165) is 11.5 Å². The number of amides is 1. The number of nitrogens with one attached hydrogen (secondary N) is 1. The van der Waals surface area contributed by atoms with Crippen molar-refractivity contribution in [1.82, 2.24) is 10.5 Å². The molecule has 18 heavy (non-hydrogen) atoms. The summed E-state index contributed by atoms with van der Waals surface area (Å²) < 4.78 is 5.05. The van der Waals surface area contributed by atoms with Gasteiger partial charge < -0.3 is 9.84 Å². The van der Waals surface area contributed by atoms with E-state index in [1.54, 1.807) is 24.3 Å². The molecule has 94 valence electrons. The highest BCUT2D eigenvalue weighted by atomic mass is 35.5. The molecule has 0 bridgehead atoms. The zero-order valence-corrected chi connectivity index (χ0v) is 10.7. The van der Waals surface area contributed by atoms with Crippen LogP contribution < -0.4 is 5.32 Å². The van der Waals surface area contributed by atoms with E-state index in [4.69, 9.17) is 16.1 Å². The molecule has 0 spiro atoms. The lowest BCUT2D eigenvalue weighted by atomic mass is 10.2. The van der Waals surface area contributed by atoms with Crippen molar-refractivity contribution >= 4 is 17.5 Å². The minimum atomic E-state index is -0.122. The summed E-state index contributed by atoms with van der Waals surface area (Å²) in [5.41, 5.74) is 1.43. The summed E-state index contributed by atoms with van der Waals surface area (Å²) in [7, 11) is 0. The van der Waals surface area contributed by atoms with Gasteiger partial charge in [-0.1, -0.05) is 16.8 Å². The molecule has 0 saturated heterocycles. The lowest BCUT2D eigenvalue weighted by Gasteiger charge is -2.03. The van der Waals surface area contributed by atoms with Crippen LogP contribution in [0, 0.1) is 6.92 Å². The zero-order chi connectivity index (χ0) is 13.0. The molecule has 0 saturated carbocycles. The van der Waals surface area contributed by atoms with E-state index in [0.29, 0.717) is 23.6 Å². The highest BCUT2D eigenvalue weighted by Crippen LogP contribution is 2.09. The molecular formula is C13H13ClN2O2. The second-order valence-electron chi connectivity index (χ2n) is 3.95. The number of rotatable bonds is 4. The van der Waals surface area contributed by atoms with Crippen LogP contribution in [-0.4, -0.2) is 17.6 Å². The molecule has 2 aromatic rings. The van der Waals surface area contributed by atoms with Gasteiger partial charge in [0, 0.05) is 29.6 Å². The Morgan fingerprint density at radius 1 is 1.39 bits per heavy atom. The van der Waals surface area contributed by atoms with E-state index in [1.807, 2.05) is 13.0 Å². The number of benzene rings is 1. The topological polar surface area (TPSA) is 55.1 Å². The fraction of sp³-hybridized carbons (Fsp3) is 0.231. The molecule has 5 heteroatoms. The van der Waals surface area contributed by atoms with Crippen LogP contribution in [0.4, 0.5) is 0 Å². The van der Waals surface area contributed by atoms with Crippen LogP contribution >= 0.6 is 11.6 Å². The van der Waals surface area contributed by atoms with Gasteiger partial charge in [0.1, 0.15) is 5.76 Å². The Bertz CT molecular complexity index is 534. The normalized spacial score (nSPS) is 10.3. The third-order valence-corrected chi connectivity index (χ3v) is 2.69. The van der Waals surface area contributed by atoms with Gasteiger partial charge >= 0.3 is 0 Å². The van der Waals surface area contributed by atoms with Crippen molar-refractivity contribution in [3.63, 3.8) is 0 Å². The maximum absolute atomic E-state index is 11.8. The molecule has 1 aromatic carbocycles. The van der Waals surface area contributed by atoms with Crippen molar-refractivity contribution in [2.24, 2.45) is 0 Å². The molecule has 0 unspecified atom stereocenters. The molecule has 1 heterocycles. The SMILES string of the molecule is Cc1cc(CCNC(=O)c2ccc(Cl)cc2)on1. The van der Waals surface area contributed by atoms with E-state index in [-0.39, 0.29) is 5.91 Å². The lowest BCUT2D eigenvalue weighted by molar-refractivity contribution is 0.0953. The fourth-order valence-corrected chi connectivity index (χ4v) is 1.66. The summed E-state index contributed by atoms with van der Waals surface area (Å²) in [6.45, 7) is 2.37. The van der Waals surface area contributed by atoms with Crippen LogP contribution in [-0.2, 0) is 6.42 Å². The Kier molecular flexibility index (Phi) is 3.99. The van der Waals surface area contributed by atoms with Crippen molar-refractivity contribution in [3.05, 3.63) is 52.4 Å². The van der Waals surface area contributed by atoms with E-state index in [9.17, 15) is 4.79 Å². The summed E-state index contributed by atoms with van der Waals surface area (Å²) in [6, 6.07) is 8.62. The van der Waals surface area contributed by atoms with E-state index >= 15 is 0 Å². The van der Waals surface area contributed by atoms with Crippen LogP contribution in [0.3, 0.4) is 0 Å². The van der Waals surface area contributed by atoms with Crippen molar-refractivity contribution in [3.8, 4) is 0 Å². The molecule has 1 amide bonds. The Labute approximate surface area is 110 Å². The molecule has 0 radical (unpaired) electrons. The molecule has 1 N–H and O–H groups in total. The maximum atomic E-state index is 11.8. The average Bonchev–Trinajstić information content (AvgIpc) is 2.76. The number of nitrogens with zero attached hydrogens (tertiary/aromatic N) is 1. The van der Waals surface area contributed by atoms with Crippen molar-refractivity contribution in [2.75, 3.05) is 6.54 Å². The third kappa shape index (κ3) is 3.34. The van der Waals surface area contributed by atoms with Gasteiger partial charge in [0.2, 0.25) is 0 Å². The number of aryl methyl sites for hydroxylation is 1. The van der Waals surface area contributed by atoms with Crippen LogP contribution in [0.5, 0.6) is 0 Å². The van der Waals surface area contributed by atoms with Gasteiger partial charge in [-0.05, 0) is 31.2 Å². The Hall–Kier alpha value is -1.81. The molecule has 2 rings (SSSR count). The summed E-state index contributed by atoms with van der Waals surface area (Å²) in [4.78, 5) is 11.8. The zero-order valence-electron chi connectivity index (χ0n) is 9.94. The minimum Gasteiger partial charge on any atom is -0.361 e. The monoisotopic (exact) mass is 264 g/mol. The predicted molar refractivity (Wildman–Crippen MR) is 68.7 cm³/mol. The van der Waals surface area contributed by atoms with Gasteiger partial charge in [-0.2, -0.15) is 0 Å². The second kappa shape index (κ2) is 5.69. The van der Waals surface area contributed by atoms with Gasteiger partial charge in [-0.25, -0.2) is 0 Å². The number of hydrogen-bond acceptors (Lipinski definition) is 3. The number of hydrogen-bond donors (Lipinski definition) is 1. The number of aromatic nitrogens is 1. The molecule has 0 fully saturated rings. The smallest absolute Gasteiger partial charge is 0.251 e. The fourth-order valence-electron chi connectivity index (χ4n) is 1.54. The highest BCUT2D eigenvalue weighted by Gasteiger charge is 2.05. The molecule has 0 aliphatic rings. The van der Waals surface area contributed by atoms with E-state index in [1.165, 1.54) is 0 Å². The average molecular weight is 265 g/mol. The molecular weight excluding hydrogens is 252 g/mol. The molecule has 0 aliphatic heterocycles. The molecule has 0 atom stereocenters. The van der Waals surface area contributed by atoms with E-state index in [2.05, 4.69) is 10.5 Å². The molecule has 1 aromatic heterocycles. The van der Waals surface area contributed by atoms with Gasteiger partial charge in [0.15, 0.2) is 0 Å². The first-order valence-corrected chi connectivity index (χ1v) is 5.99. The van der Waals surface area contributed by atoms with Gasteiger partial charge in [-0.3, -0.25) is 4.79 Å². The quantitative estimate of drug-likeness (QED) is 0.924. The predicted octanol–water partition coefficient (Wildman–Crippen LogP) is 2.61. The largest absolute Gasteiger partial charge is 0.361 e. The Morgan fingerprint density at radius 3 is 2.72 bits per heavy atom. The summed E-state index contributed by atoms with van der Waals surface area (Å²) in [6.07, 6.45) is 0.625. The van der Waals surface area contributed by atoms with Crippen molar-refractivity contribution in [2.45, 2.75) is 13.3 Å². The Balaban J connectivity index is 1.83. The molecule has 4 nitrogen and oxygen atoms in total. The summed E-state index contributed by atoms with van der Waals surface area (Å²) in [5, 5.41) is 7.20. The van der Waals surface area contributed by atoms with Crippen molar-refractivity contribution < 1.29 is 9.32 Å². The van der Waals surface area contributed by atoms with Crippen LogP contribution in [0.1, 0.15) is 21.8 Å². The number of halogens is 1. The van der Waals surface area contributed by atoms with Gasteiger partial charge in [0.05, 0.1) is 5.69 Å². The van der Waals surface area contributed by atoms with Crippen LogP contribution in [0.15, 0.2) is 34.9 Å². The van der Waals surface area contributed by atoms with Gasteiger partial charge in [0.25, 0.3) is 5.91 Å². The standard InChI is InChI=1S/C13H13ClN2O2/c1-9-8-12(18-16-9)6-7-15-13(17)10-2-4-11(14)5-3-10/h2-5,8H,6-7H2,1H3,(H,15,17). The third-order valence-electron chi connectivity index (χ3n) is 2.44. The van der Waals surface area contributed by atoms with Gasteiger partial charge in [-0.15, -0.1) is 0 Å². The number of carbonyl (C=O) groups is 1.